The van der Waals surface area contributed by atoms with Crippen molar-refractivity contribution in [2.45, 2.75) is 0 Å². The van der Waals surface area contributed by atoms with Crippen molar-refractivity contribution >= 4 is 34.8 Å². The van der Waals surface area contributed by atoms with E-state index in [0.717, 1.165) is 5.69 Å². The highest BCUT2D eigenvalue weighted by atomic mass is 35.5. The largest absolute Gasteiger partial charge is 0.495 e. The molecule has 2 aromatic rings. The Hall–Kier alpha value is -1.52. The number of ether oxygens (including phenoxy) is 1. The van der Waals surface area contributed by atoms with Crippen molar-refractivity contribution in [2.24, 2.45) is 0 Å². The Bertz CT molecular complexity index is 534. The first-order chi connectivity index (χ1) is 8.20. The number of anilines is 2. The molecule has 0 radical (unpaired) electrons. The second-order valence-corrected chi connectivity index (χ2v) is 3.92. The lowest BCUT2D eigenvalue weighted by Gasteiger charge is -2.09. The van der Waals surface area contributed by atoms with Gasteiger partial charge in [0.15, 0.2) is 5.15 Å². The quantitative estimate of drug-likeness (QED) is 0.866. The Morgan fingerprint density at radius 3 is 2.71 bits per heavy atom. The van der Waals surface area contributed by atoms with E-state index in [1.807, 2.05) is 24.3 Å². The van der Waals surface area contributed by atoms with Gasteiger partial charge in [0, 0.05) is 0 Å². The van der Waals surface area contributed by atoms with Crippen molar-refractivity contribution in [1.82, 2.24) is 9.97 Å². The van der Waals surface area contributed by atoms with Gasteiger partial charge in [-0.3, -0.25) is 0 Å². The number of methoxy groups -OCH3 is 1. The normalized spacial score (nSPS) is 10.1. The van der Waals surface area contributed by atoms with Crippen molar-refractivity contribution in [3.05, 3.63) is 40.6 Å². The van der Waals surface area contributed by atoms with Crippen LogP contribution in [0.3, 0.4) is 0 Å². The number of aromatic nitrogens is 2. The fourth-order valence-electron chi connectivity index (χ4n) is 1.27. The molecule has 1 heterocycles. The number of halogens is 2. The summed E-state index contributed by atoms with van der Waals surface area (Å²) in [5.41, 5.74) is 0.758. The number of hydrogen-bond donors (Lipinski definition) is 1. The summed E-state index contributed by atoms with van der Waals surface area (Å²) in [6.45, 7) is 0. The summed E-state index contributed by atoms with van der Waals surface area (Å²) in [4.78, 5) is 8.01. The Morgan fingerprint density at radius 1 is 1.24 bits per heavy atom. The van der Waals surface area contributed by atoms with Crippen molar-refractivity contribution < 1.29 is 4.74 Å². The van der Waals surface area contributed by atoms with E-state index >= 15 is 0 Å². The first-order valence-corrected chi connectivity index (χ1v) is 5.54. The second kappa shape index (κ2) is 5.21. The lowest BCUT2D eigenvalue weighted by atomic mass is 10.3. The molecule has 0 aliphatic heterocycles. The van der Waals surface area contributed by atoms with E-state index in [1.54, 1.807) is 7.11 Å². The van der Waals surface area contributed by atoms with Crippen molar-refractivity contribution in [2.75, 3.05) is 12.4 Å². The van der Waals surface area contributed by atoms with Crippen molar-refractivity contribution in [1.29, 1.82) is 0 Å². The maximum Gasteiger partial charge on any atom is 0.228 e. The minimum atomic E-state index is 0.207. The molecule has 4 nitrogen and oxygen atoms in total. The van der Waals surface area contributed by atoms with Crippen LogP contribution in [0.4, 0.5) is 11.6 Å². The van der Waals surface area contributed by atoms with Crippen LogP contribution in [0.25, 0.3) is 0 Å². The van der Waals surface area contributed by atoms with Gasteiger partial charge in [0.05, 0.1) is 24.0 Å². The molecule has 17 heavy (non-hydrogen) atoms. The third-order valence-electron chi connectivity index (χ3n) is 2.05. The SMILES string of the molecule is COc1ccccc1Nc1ncc(Cl)c(Cl)n1. The molecule has 1 aromatic heterocycles. The zero-order chi connectivity index (χ0) is 12.3. The number of para-hydroxylation sites is 2. The molecule has 2 rings (SSSR count). The van der Waals surface area contributed by atoms with Crippen LogP contribution in [-0.2, 0) is 0 Å². The van der Waals surface area contributed by atoms with Crippen molar-refractivity contribution in [3.63, 3.8) is 0 Å². The van der Waals surface area contributed by atoms with Gasteiger partial charge < -0.3 is 10.1 Å². The van der Waals surface area contributed by atoms with Gasteiger partial charge in [0.2, 0.25) is 5.95 Å². The average Bonchev–Trinajstić information content (AvgIpc) is 2.34. The van der Waals surface area contributed by atoms with Gasteiger partial charge in [0.1, 0.15) is 5.75 Å². The highest BCUT2D eigenvalue weighted by Crippen LogP contribution is 2.26. The fraction of sp³-hybridized carbons (Fsp3) is 0.0909. The minimum absolute atomic E-state index is 0.207. The Kier molecular flexibility index (Phi) is 3.66. The predicted octanol–water partition coefficient (Wildman–Crippen LogP) is 3.54. The molecule has 0 fully saturated rings. The average molecular weight is 270 g/mol. The molecular formula is C11H9Cl2N3O. The lowest BCUT2D eigenvalue weighted by molar-refractivity contribution is 0.417. The van der Waals surface area contributed by atoms with E-state index in [2.05, 4.69) is 15.3 Å². The summed E-state index contributed by atoms with van der Waals surface area (Å²) in [6, 6.07) is 7.44. The summed E-state index contributed by atoms with van der Waals surface area (Å²) in [5.74, 6) is 1.06. The summed E-state index contributed by atoms with van der Waals surface area (Å²) in [7, 11) is 1.59. The monoisotopic (exact) mass is 269 g/mol. The number of rotatable bonds is 3. The maximum absolute atomic E-state index is 5.80. The van der Waals surface area contributed by atoms with Crippen LogP contribution < -0.4 is 10.1 Å². The zero-order valence-electron chi connectivity index (χ0n) is 8.95. The number of hydrogen-bond acceptors (Lipinski definition) is 4. The summed E-state index contributed by atoms with van der Waals surface area (Å²) in [6.07, 6.45) is 1.44. The van der Waals surface area contributed by atoms with E-state index in [9.17, 15) is 0 Å². The van der Waals surface area contributed by atoms with Gasteiger partial charge in [-0.1, -0.05) is 35.3 Å². The standard InChI is InChI=1S/C11H9Cl2N3O/c1-17-9-5-3-2-4-8(9)15-11-14-6-7(12)10(13)16-11/h2-6H,1H3,(H,14,15,16). The lowest BCUT2D eigenvalue weighted by Crippen LogP contribution is -1.99. The Labute approximate surface area is 109 Å². The highest BCUT2D eigenvalue weighted by Gasteiger charge is 2.06. The van der Waals surface area contributed by atoms with Crippen LogP contribution in [0.5, 0.6) is 5.75 Å². The molecule has 0 aliphatic carbocycles. The molecule has 0 atom stereocenters. The fourth-order valence-corrected chi connectivity index (χ4v) is 1.49. The molecule has 1 N–H and O–H groups in total. The third-order valence-corrected chi connectivity index (χ3v) is 2.72. The Morgan fingerprint density at radius 2 is 2.00 bits per heavy atom. The van der Waals surface area contributed by atoms with E-state index < -0.39 is 0 Å². The van der Waals surface area contributed by atoms with E-state index in [4.69, 9.17) is 27.9 Å². The smallest absolute Gasteiger partial charge is 0.228 e. The predicted molar refractivity (Wildman–Crippen MR) is 68.3 cm³/mol. The second-order valence-electron chi connectivity index (χ2n) is 3.16. The number of benzene rings is 1. The van der Waals surface area contributed by atoms with Crippen LogP contribution >= 0.6 is 23.2 Å². The maximum atomic E-state index is 5.80. The number of nitrogens with one attached hydrogen (secondary N) is 1. The molecule has 6 heteroatoms. The Balaban J connectivity index is 2.28. The molecule has 0 unspecified atom stereocenters. The molecule has 0 spiro atoms. The van der Waals surface area contributed by atoms with Crippen LogP contribution in [0.2, 0.25) is 10.2 Å². The third kappa shape index (κ3) is 2.78. The van der Waals surface area contributed by atoms with Gasteiger partial charge in [-0.05, 0) is 12.1 Å². The molecule has 0 amide bonds. The van der Waals surface area contributed by atoms with Gasteiger partial charge in [-0.25, -0.2) is 4.98 Å². The van der Waals surface area contributed by atoms with Crippen LogP contribution in [0, 0.1) is 0 Å². The topological polar surface area (TPSA) is 47.0 Å². The zero-order valence-corrected chi connectivity index (χ0v) is 10.5. The molecule has 0 aliphatic rings. The van der Waals surface area contributed by atoms with Gasteiger partial charge in [-0.15, -0.1) is 0 Å². The highest BCUT2D eigenvalue weighted by molar-refractivity contribution is 6.41. The first kappa shape index (κ1) is 12.0. The van der Waals surface area contributed by atoms with E-state index in [1.165, 1.54) is 6.20 Å². The number of nitrogens with zero attached hydrogens (tertiary/aromatic N) is 2. The minimum Gasteiger partial charge on any atom is -0.495 e. The van der Waals surface area contributed by atoms with Crippen molar-refractivity contribution in [3.8, 4) is 5.75 Å². The molecule has 0 saturated carbocycles. The van der Waals surface area contributed by atoms with E-state index in [0.29, 0.717) is 16.7 Å². The van der Waals surface area contributed by atoms with Crippen LogP contribution in [0.1, 0.15) is 0 Å². The van der Waals surface area contributed by atoms with Crippen LogP contribution in [0.15, 0.2) is 30.5 Å². The molecular weight excluding hydrogens is 261 g/mol. The molecule has 88 valence electrons. The van der Waals surface area contributed by atoms with Gasteiger partial charge >= 0.3 is 0 Å². The van der Waals surface area contributed by atoms with Gasteiger partial charge in [-0.2, -0.15) is 4.98 Å². The summed E-state index contributed by atoms with van der Waals surface area (Å²) in [5, 5.41) is 3.53. The molecule has 0 saturated heterocycles. The first-order valence-electron chi connectivity index (χ1n) is 4.79. The van der Waals surface area contributed by atoms with E-state index in [-0.39, 0.29) is 5.15 Å². The summed E-state index contributed by atoms with van der Waals surface area (Å²) < 4.78 is 5.19. The summed E-state index contributed by atoms with van der Waals surface area (Å²) >= 11 is 11.5. The van der Waals surface area contributed by atoms with Crippen LogP contribution in [-0.4, -0.2) is 17.1 Å². The molecule has 0 bridgehead atoms. The van der Waals surface area contributed by atoms with Gasteiger partial charge in [0.25, 0.3) is 0 Å². The molecule has 1 aromatic carbocycles.